The zero-order valence-electron chi connectivity index (χ0n) is 9.27. The van der Waals surface area contributed by atoms with Gasteiger partial charge in [0.2, 0.25) is 0 Å². The fourth-order valence-corrected chi connectivity index (χ4v) is 1.19. The number of hydrogen-bond donors (Lipinski definition) is 3. The highest BCUT2D eigenvalue weighted by atomic mass is 16.4. The Morgan fingerprint density at radius 2 is 2.29 bits per heavy atom. The number of aromatic nitrogens is 2. The number of carbonyl (C=O) groups excluding carboxylic acids is 1. The van der Waals surface area contributed by atoms with Crippen molar-refractivity contribution < 1.29 is 14.7 Å². The van der Waals surface area contributed by atoms with E-state index in [2.05, 4.69) is 15.3 Å². The molecule has 17 heavy (non-hydrogen) atoms. The third-order valence-corrected chi connectivity index (χ3v) is 2.04. The number of aromatic amines is 1. The van der Waals surface area contributed by atoms with Crippen LogP contribution < -0.4 is 10.9 Å². The molecule has 0 radical (unpaired) electrons. The van der Waals surface area contributed by atoms with Crippen molar-refractivity contribution in [1.29, 1.82) is 0 Å². The van der Waals surface area contributed by atoms with Crippen molar-refractivity contribution >= 4 is 11.9 Å². The summed E-state index contributed by atoms with van der Waals surface area (Å²) in [4.78, 5) is 38.6. The van der Waals surface area contributed by atoms with E-state index < -0.39 is 11.9 Å². The van der Waals surface area contributed by atoms with Crippen molar-refractivity contribution in [3.8, 4) is 0 Å². The van der Waals surface area contributed by atoms with E-state index in [9.17, 15) is 14.4 Å². The van der Waals surface area contributed by atoms with Crippen molar-refractivity contribution in [2.75, 3.05) is 6.54 Å². The molecule has 0 aliphatic rings. The lowest BCUT2D eigenvalue weighted by Gasteiger charge is -2.09. The maximum Gasteiger partial charge on any atom is 0.303 e. The molecule has 92 valence electrons. The quantitative estimate of drug-likeness (QED) is 0.647. The van der Waals surface area contributed by atoms with Crippen LogP contribution in [0.15, 0.2) is 17.2 Å². The van der Waals surface area contributed by atoms with E-state index in [-0.39, 0.29) is 30.1 Å². The lowest BCUT2D eigenvalue weighted by molar-refractivity contribution is -0.137. The van der Waals surface area contributed by atoms with Gasteiger partial charge in [0, 0.05) is 19.2 Å². The van der Waals surface area contributed by atoms with E-state index >= 15 is 0 Å². The summed E-state index contributed by atoms with van der Waals surface area (Å²) in [7, 11) is 0. The SMILES string of the molecule is CC(CNC(=O)c1c[nH]c(=O)cn1)CC(=O)O. The molecule has 1 aromatic rings. The van der Waals surface area contributed by atoms with E-state index in [1.54, 1.807) is 6.92 Å². The van der Waals surface area contributed by atoms with E-state index in [4.69, 9.17) is 5.11 Å². The maximum absolute atomic E-state index is 11.5. The number of rotatable bonds is 5. The van der Waals surface area contributed by atoms with Crippen LogP contribution in [-0.4, -0.2) is 33.5 Å². The number of aliphatic carboxylic acids is 1. The molecule has 1 aromatic heterocycles. The van der Waals surface area contributed by atoms with Gasteiger partial charge in [-0.3, -0.25) is 14.4 Å². The Bertz CT molecular complexity index is 448. The Hall–Kier alpha value is -2.18. The summed E-state index contributed by atoms with van der Waals surface area (Å²) < 4.78 is 0. The van der Waals surface area contributed by atoms with Crippen LogP contribution in [0.1, 0.15) is 23.8 Å². The molecule has 0 bridgehead atoms. The molecule has 1 rings (SSSR count). The Morgan fingerprint density at radius 3 is 2.82 bits per heavy atom. The van der Waals surface area contributed by atoms with Crippen LogP contribution in [0.2, 0.25) is 0 Å². The minimum Gasteiger partial charge on any atom is -0.481 e. The van der Waals surface area contributed by atoms with Crippen molar-refractivity contribution in [2.24, 2.45) is 5.92 Å². The normalized spacial score (nSPS) is 11.8. The van der Waals surface area contributed by atoms with Gasteiger partial charge < -0.3 is 15.4 Å². The first-order valence-corrected chi connectivity index (χ1v) is 5.03. The van der Waals surface area contributed by atoms with Crippen molar-refractivity contribution in [2.45, 2.75) is 13.3 Å². The highest BCUT2D eigenvalue weighted by Gasteiger charge is 2.11. The van der Waals surface area contributed by atoms with E-state index in [1.165, 1.54) is 6.20 Å². The monoisotopic (exact) mass is 239 g/mol. The third-order valence-electron chi connectivity index (χ3n) is 2.04. The van der Waals surface area contributed by atoms with Crippen LogP contribution in [0.3, 0.4) is 0 Å². The average Bonchev–Trinajstić information content (AvgIpc) is 2.26. The Labute approximate surface area is 96.9 Å². The lowest BCUT2D eigenvalue weighted by Crippen LogP contribution is -2.30. The minimum absolute atomic E-state index is 0.0146. The van der Waals surface area contributed by atoms with Gasteiger partial charge >= 0.3 is 5.97 Å². The maximum atomic E-state index is 11.5. The summed E-state index contributed by atoms with van der Waals surface area (Å²) >= 11 is 0. The van der Waals surface area contributed by atoms with Gasteiger partial charge in [-0.15, -0.1) is 0 Å². The van der Waals surface area contributed by atoms with Gasteiger partial charge in [-0.25, -0.2) is 4.98 Å². The summed E-state index contributed by atoms with van der Waals surface area (Å²) in [5.41, 5.74) is -0.298. The van der Waals surface area contributed by atoms with Crippen LogP contribution >= 0.6 is 0 Å². The first kappa shape index (κ1) is 12.9. The van der Waals surface area contributed by atoms with Crippen molar-refractivity contribution in [3.05, 3.63) is 28.4 Å². The van der Waals surface area contributed by atoms with Gasteiger partial charge in [0.15, 0.2) is 0 Å². The molecule has 1 atom stereocenters. The van der Waals surface area contributed by atoms with Gasteiger partial charge in [0.1, 0.15) is 5.69 Å². The Balaban J connectivity index is 2.47. The average molecular weight is 239 g/mol. The molecule has 0 spiro atoms. The predicted octanol–water partition coefficient (Wildman–Crippen LogP) is -0.390. The van der Waals surface area contributed by atoms with E-state index in [0.29, 0.717) is 0 Å². The zero-order chi connectivity index (χ0) is 12.8. The summed E-state index contributed by atoms with van der Waals surface area (Å²) in [6.45, 7) is 1.96. The van der Waals surface area contributed by atoms with E-state index in [1.807, 2.05) is 0 Å². The fourth-order valence-electron chi connectivity index (χ4n) is 1.19. The highest BCUT2D eigenvalue weighted by molar-refractivity contribution is 5.91. The van der Waals surface area contributed by atoms with Crippen LogP contribution in [0.5, 0.6) is 0 Å². The molecule has 0 saturated heterocycles. The fraction of sp³-hybridized carbons (Fsp3) is 0.400. The van der Waals surface area contributed by atoms with Gasteiger partial charge in [-0.05, 0) is 5.92 Å². The van der Waals surface area contributed by atoms with Crippen LogP contribution in [-0.2, 0) is 4.79 Å². The molecule has 0 aliphatic carbocycles. The summed E-state index contributed by atoms with van der Waals surface area (Å²) in [6, 6.07) is 0. The summed E-state index contributed by atoms with van der Waals surface area (Å²) in [5, 5.41) is 11.1. The summed E-state index contributed by atoms with van der Waals surface area (Å²) in [5.74, 6) is -1.52. The number of carboxylic acids is 1. The number of nitrogens with one attached hydrogen (secondary N) is 2. The molecule has 0 fully saturated rings. The molecule has 1 heterocycles. The number of carboxylic acid groups (broad SMARTS) is 1. The summed E-state index contributed by atoms with van der Waals surface area (Å²) in [6.07, 6.45) is 2.20. The Morgan fingerprint density at radius 1 is 1.59 bits per heavy atom. The van der Waals surface area contributed by atoms with Crippen LogP contribution in [0, 0.1) is 5.92 Å². The largest absolute Gasteiger partial charge is 0.481 e. The molecule has 1 unspecified atom stereocenters. The second kappa shape index (κ2) is 5.78. The molecular weight excluding hydrogens is 226 g/mol. The molecule has 0 aliphatic heterocycles. The van der Waals surface area contributed by atoms with Gasteiger partial charge in [-0.2, -0.15) is 0 Å². The Kier molecular flexibility index (Phi) is 4.38. The second-order valence-electron chi connectivity index (χ2n) is 3.71. The van der Waals surface area contributed by atoms with Crippen LogP contribution in [0.25, 0.3) is 0 Å². The highest BCUT2D eigenvalue weighted by Crippen LogP contribution is 1.99. The predicted molar refractivity (Wildman–Crippen MR) is 58.6 cm³/mol. The van der Waals surface area contributed by atoms with Gasteiger partial charge in [-0.1, -0.05) is 6.92 Å². The molecule has 7 heteroatoms. The van der Waals surface area contributed by atoms with E-state index in [0.717, 1.165) is 6.20 Å². The minimum atomic E-state index is -0.908. The molecule has 0 aromatic carbocycles. The first-order chi connectivity index (χ1) is 7.99. The number of carbonyl (C=O) groups is 2. The molecule has 0 saturated carbocycles. The topological polar surface area (TPSA) is 112 Å². The van der Waals surface area contributed by atoms with Crippen molar-refractivity contribution in [1.82, 2.24) is 15.3 Å². The number of nitrogens with zero attached hydrogens (tertiary/aromatic N) is 1. The first-order valence-electron chi connectivity index (χ1n) is 5.03. The van der Waals surface area contributed by atoms with Gasteiger partial charge in [0.05, 0.1) is 6.20 Å². The molecular formula is C10H13N3O4. The molecule has 1 amide bonds. The zero-order valence-corrected chi connectivity index (χ0v) is 9.27. The smallest absolute Gasteiger partial charge is 0.303 e. The van der Waals surface area contributed by atoms with Gasteiger partial charge in [0.25, 0.3) is 11.5 Å². The third kappa shape index (κ3) is 4.45. The number of H-pyrrole nitrogens is 1. The van der Waals surface area contributed by atoms with Crippen molar-refractivity contribution in [3.63, 3.8) is 0 Å². The number of amides is 1. The molecule has 7 nitrogen and oxygen atoms in total. The lowest BCUT2D eigenvalue weighted by atomic mass is 10.1. The molecule has 3 N–H and O–H groups in total. The standard InChI is InChI=1S/C10H13N3O4/c1-6(2-9(15)16)3-13-10(17)7-4-12-8(14)5-11-7/h4-6H,2-3H2,1H3,(H,12,14)(H,13,17)(H,15,16). The number of hydrogen-bond acceptors (Lipinski definition) is 4. The second-order valence-corrected chi connectivity index (χ2v) is 3.71. The van der Waals surface area contributed by atoms with Crippen LogP contribution in [0.4, 0.5) is 0 Å².